The van der Waals surface area contributed by atoms with E-state index in [1.54, 1.807) is 18.2 Å². The van der Waals surface area contributed by atoms with Gasteiger partial charge in [0.1, 0.15) is 0 Å². The molecule has 2 aliphatic rings. The van der Waals surface area contributed by atoms with Crippen LogP contribution in [0.3, 0.4) is 0 Å². The summed E-state index contributed by atoms with van der Waals surface area (Å²) < 4.78 is 0. The van der Waals surface area contributed by atoms with E-state index in [1.165, 1.54) is 0 Å². The SMILES string of the molecule is CC(C)(C)c1ccc2c(c1)-c1nc-2nc2[n-]c(nc3nc(nc4[n-]c(n1)c1c(C(C)(C)C)cccc41)-c1ccc(C(=O)O)cc1-3)c1cccc(C(C)(C)C)c21.[Zn+2]. The van der Waals surface area contributed by atoms with Gasteiger partial charge in [0.15, 0.2) is 0 Å². The van der Waals surface area contributed by atoms with Gasteiger partial charge in [0, 0.05) is 44.8 Å². The standard InChI is InChI=1S/C45H41N8O2.Zn/c1-43(2,3)23-17-19-25-29(21-23)39-48-35(25)50-40-32-27(13-11-14-30(32)44(4,5)6)37(52-40)49-38-28-20-22(42(54)55)16-18-24(28)34(47-38)46-36-26-12-10-15-31(45(7,8)9)33(26)41(51-36)53-39;/h10-21H,1-9H3,(H2-,46,47,48,49,50,51,52,53,54,55);/q-1;+2/p-1. The first kappa shape index (κ1) is 37.3. The second-order valence-electron chi connectivity index (χ2n) is 17.5. The summed E-state index contributed by atoms with van der Waals surface area (Å²) in [5.41, 5.74) is 7.56. The number of hydrogen-bond donors (Lipinski definition) is 1. The average molecular weight is 790 g/mol. The number of benzene rings is 4. The maximum atomic E-state index is 12.2. The Bertz CT molecular complexity index is 2980. The van der Waals surface area contributed by atoms with Crippen molar-refractivity contribution in [2.24, 2.45) is 0 Å². The van der Waals surface area contributed by atoms with E-state index >= 15 is 0 Å². The van der Waals surface area contributed by atoms with Crippen LogP contribution in [0.5, 0.6) is 0 Å². The Labute approximate surface area is 337 Å². The third kappa shape index (κ3) is 6.00. The Kier molecular flexibility index (Phi) is 8.44. The molecule has 0 saturated heterocycles. The van der Waals surface area contributed by atoms with Crippen LogP contribution in [-0.4, -0.2) is 41.0 Å². The van der Waals surface area contributed by atoms with Crippen molar-refractivity contribution in [3.8, 4) is 45.6 Å². The average Bonchev–Trinajstić information content (AvgIpc) is 3.85. The molecule has 3 aromatic heterocycles. The molecule has 0 spiro atoms. The maximum Gasteiger partial charge on any atom is 2.00 e. The van der Waals surface area contributed by atoms with Crippen LogP contribution in [0.25, 0.3) is 89.7 Å². The maximum absolute atomic E-state index is 12.2. The first-order valence-corrected chi connectivity index (χ1v) is 18.5. The Morgan fingerprint density at radius 2 is 0.929 bits per heavy atom. The number of carboxylic acids is 1. The summed E-state index contributed by atoms with van der Waals surface area (Å²) in [6.45, 7) is 19.6. The molecule has 0 unspecified atom stereocenters. The van der Waals surface area contributed by atoms with Crippen molar-refractivity contribution < 1.29 is 29.4 Å². The van der Waals surface area contributed by atoms with Crippen molar-refractivity contribution >= 4 is 50.1 Å². The van der Waals surface area contributed by atoms with E-state index in [9.17, 15) is 9.90 Å². The minimum Gasteiger partial charge on any atom is -0.478 e. The molecule has 0 saturated carbocycles. The van der Waals surface area contributed by atoms with Gasteiger partial charge in [-0.1, -0.05) is 117 Å². The van der Waals surface area contributed by atoms with Crippen LogP contribution < -0.4 is 9.97 Å². The van der Waals surface area contributed by atoms with Crippen LogP contribution in [0.1, 0.15) is 89.4 Å². The molecule has 2 aliphatic heterocycles. The van der Waals surface area contributed by atoms with Crippen molar-refractivity contribution in [3.05, 3.63) is 95.1 Å². The third-order valence-corrected chi connectivity index (χ3v) is 10.5. The zero-order valence-electron chi connectivity index (χ0n) is 33.1. The fourth-order valence-electron chi connectivity index (χ4n) is 7.61. The first-order valence-electron chi connectivity index (χ1n) is 18.5. The van der Waals surface area contributed by atoms with E-state index in [4.69, 9.17) is 39.9 Å². The van der Waals surface area contributed by atoms with Crippen LogP contribution in [0.4, 0.5) is 0 Å². The summed E-state index contributed by atoms with van der Waals surface area (Å²) in [5.74, 6) is 0.639. The van der Waals surface area contributed by atoms with E-state index in [2.05, 4.69) is 92.6 Å². The van der Waals surface area contributed by atoms with E-state index in [1.807, 2.05) is 24.3 Å². The van der Waals surface area contributed by atoms with E-state index in [-0.39, 0.29) is 41.3 Å². The number of carboxylic acid groups (broad SMARTS) is 1. The van der Waals surface area contributed by atoms with Crippen LogP contribution >= 0.6 is 0 Å². The van der Waals surface area contributed by atoms with Crippen LogP contribution in [0.15, 0.2) is 72.8 Å². The van der Waals surface area contributed by atoms with Gasteiger partial charge >= 0.3 is 25.4 Å². The summed E-state index contributed by atoms with van der Waals surface area (Å²) in [7, 11) is 0. The van der Waals surface area contributed by atoms with Gasteiger partial charge in [-0.15, -0.1) is 0 Å². The number of rotatable bonds is 1. The van der Waals surface area contributed by atoms with Crippen molar-refractivity contribution in [2.75, 3.05) is 0 Å². The molecule has 0 atom stereocenters. The molecule has 8 bridgehead atoms. The zero-order valence-corrected chi connectivity index (χ0v) is 36.0. The van der Waals surface area contributed by atoms with E-state index in [0.717, 1.165) is 49.4 Å². The van der Waals surface area contributed by atoms with Crippen molar-refractivity contribution in [3.63, 3.8) is 0 Å². The van der Waals surface area contributed by atoms with Gasteiger partial charge in [-0.2, -0.15) is 0 Å². The molecule has 11 heteroatoms. The van der Waals surface area contributed by atoms with Gasteiger partial charge in [0.25, 0.3) is 0 Å². The quantitative estimate of drug-likeness (QED) is 0.160. The fourth-order valence-corrected chi connectivity index (χ4v) is 7.61. The minimum atomic E-state index is -1.05. The summed E-state index contributed by atoms with van der Waals surface area (Å²) in [4.78, 5) is 53.1. The molecule has 0 radical (unpaired) electrons. The predicted octanol–water partition coefficient (Wildman–Crippen LogP) is 9.72. The topological polar surface area (TPSA) is 143 Å². The third-order valence-electron chi connectivity index (χ3n) is 10.5. The van der Waals surface area contributed by atoms with Crippen LogP contribution in [0, 0.1) is 0 Å². The van der Waals surface area contributed by atoms with E-state index < -0.39 is 5.97 Å². The Morgan fingerprint density at radius 3 is 1.38 bits per heavy atom. The number of aromatic nitrogens is 8. The molecule has 1 N–H and O–H groups in total. The van der Waals surface area contributed by atoms with Crippen molar-refractivity contribution in [2.45, 2.75) is 78.6 Å². The molecule has 10 nitrogen and oxygen atoms in total. The number of carbonyl (C=O) groups is 1. The van der Waals surface area contributed by atoms with Crippen molar-refractivity contribution in [1.29, 1.82) is 0 Å². The largest absolute Gasteiger partial charge is 2.00 e. The molecule has 274 valence electrons. The Morgan fingerprint density at radius 1 is 0.500 bits per heavy atom. The summed E-state index contributed by atoms with van der Waals surface area (Å²) in [6, 6.07) is 23.5. The summed E-state index contributed by atoms with van der Waals surface area (Å²) in [6.07, 6.45) is 0. The zero-order chi connectivity index (χ0) is 38.8. The predicted molar refractivity (Wildman–Crippen MR) is 217 cm³/mol. The molecule has 4 aromatic carbocycles. The minimum absolute atomic E-state index is 0. The second kappa shape index (κ2) is 12.7. The second-order valence-corrected chi connectivity index (χ2v) is 17.5. The number of aromatic carboxylic acids is 1. The number of fused-ring (bicyclic) bond motifs is 20. The Balaban J connectivity index is 0.00000441. The molecular formula is C45H40N8O2Zn. The first-order chi connectivity index (χ1) is 26.0. The molecule has 0 aliphatic carbocycles. The molecule has 0 fully saturated rings. The number of hydrogen-bond acceptors (Lipinski definition) is 7. The monoisotopic (exact) mass is 788 g/mol. The molecule has 0 amide bonds. The van der Waals surface area contributed by atoms with E-state index in [0.29, 0.717) is 57.0 Å². The van der Waals surface area contributed by atoms with Crippen molar-refractivity contribution in [1.82, 2.24) is 39.9 Å². The normalized spacial score (nSPS) is 12.7. The van der Waals surface area contributed by atoms with Gasteiger partial charge in [-0.05, 0) is 72.7 Å². The molecule has 9 rings (SSSR count). The van der Waals surface area contributed by atoms with Gasteiger partial charge in [-0.25, -0.2) is 14.8 Å². The molecule has 56 heavy (non-hydrogen) atoms. The molecular weight excluding hydrogens is 750 g/mol. The van der Waals surface area contributed by atoms with Crippen LogP contribution in [-0.2, 0) is 35.7 Å². The smallest absolute Gasteiger partial charge is 0.478 e. The van der Waals surface area contributed by atoms with Gasteiger partial charge in [0.05, 0.1) is 28.9 Å². The van der Waals surface area contributed by atoms with Gasteiger partial charge in [0.2, 0.25) is 0 Å². The fraction of sp³-hybridized carbons (Fsp3) is 0.267. The summed E-state index contributed by atoms with van der Waals surface area (Å²) in [5, 5.41) is 13.4. The molecule has 5 heterocycles. The van der Waals surface area contributed by atoms with Gasteiger partial charge < -0.3 is 35.0 Å². The number of nitrogens with zero attached hydrogens (tertiary/aromatic N) is 8. The van der Waals surface area contributed by atoms with Gasteiger partial charge in [-0.3, -0.25) is 0 Å². The molecule has 7 aromatic rings. The summed E-state index contributed by atoms with van der Waals surface area (Å²) >= 11 is 0. The van der Waals surface area contributed by atoms with Crippen LogP contribution in [0.2, 0.25) is 0 Å². The Hall–Kier alpha value is -5.67.